The molecule has 11 aromatic rings. The number of fused-ring (bicyclic) bond motifs is 4. The highest BCUT2D eigenvalue weighted by atomic mass is 79.9. The van der Waals surface area contributed by atoms with E-state index in [1.54, 1.807) is 6.20 Å². The molecule has 2 aliphatic carbocycles. The number of allylic oxidation sites excluding steroid dienone is 2. The lowest BCUT2D eigenvalue weighted by molar-refractivity contribution is 0.00578. The SMILES string of the molecule is Brc1cnc2cc[nH]c2c1.Cc1noc(C)c1-c1cnc2c(Br)cn(Cc3ccccc3)c2c1.Cc1noc(C)c1-c1cnc2c(c1)CC=C2.Cc1noc(C)c1-c1cnc2c(c1)CC=C2Br.Cc1noc(C)c1B1OC(C)(C)C(C)(C)O1. The van der Waals surface area contributed by atoms with Gasteiger partial charge in [0.15, 0.2) is 0 Å². The van der Waals surface area contributed by atoms with E-state index in [1.165, 1.54) is 16.7 Å². The maximum Gasteiger partial charge on any atom is 0.500 e. The molecule has 11 heterocycles. The first kappa shape index (κ1) is 58.8. The second-order valence-corrected chi connectivity index (χ2v) is 24.2. The Morgan fingerprint density at radius 3 is 1.76 bits per heavy atom. The first-order valence-electron chi connectivity index (χ1n) is 27.0. The van der Waals surface area contributed by atoms with E-state index in [2.05, 4.69) is 165 Å². The van der Waals surface area contributed by atoms with Crippen LogP contribution in [0.2, 0.25) is 0 Å². The van der Waals surface area contributed by atoms with Crippen LogP contribution in [0.3, 0.4) is 0 Å². The number of H-pyrrole nitrogens is 1. The molecule has 0 atom stereocenters. The summed E-state index contributed by atoms with van der Waals surface area (Å²) in [6.45, 7) is 24.4. The minimum atomic E-state index is -0.378. The standard InChI is InChI=1S/C19H16BrN3O.C13H11BrN2O.C13H12N2O.C11H18BNO3.C7H5BrN2/c1-12-18(13(2)24-22-12)15-8-17-19(21-9-15)16(20)11-23(17)10-14-6-4-3-5-7-14;1-7-12(8(2)17-16-7)10-5-9-3-4-11(14)13(9)15-6-10;1-8-13(9(2)16-15-8)11-6-10-4-3-5-12(10)14-7-11;1-7-9(8(2)14-13-7)12-15-10(3,4)11(5,6)16-12;8-5-3-7-6(10-4-5)1-2-9-7/h3-9,11H,10H2,1-2H3;4-6H,3H2,1-2H3;3,5-7H,4H2,1-2H3;1-6H3;1-4,9H. The van der Waals surface area contributed by atoms with Crippen LogP contribution >= 0.6 is 47.8 Å². The van der Waals surface area contributed by atoms with Crippen LogP contribution in [-0.4, -0.2) is 68.4 Å². The van der Waals surface area contributed by atoms with Gasteiger partial charge in [-0.2, -0.15) is 0 Å². The van der Waals surface area contributed by atoms with Crippen LogP contribution in [0.25, 0.3) is 66.0 Å². The van der Waals surface area contributed by atoms with Gasteiger partial charge in [0.05, 0.1) is 66.4 Å². The van der Waals surface area contributed by atoms with Gasteiger partial charge in [-0.05, 0) is 197 Å². The van der Waals surface area contributed by atoms with Gasteiger partial charge in [0.2, 0.25) is 0 Å². The summed E-state index contributed by atoms with van der Waals surface area (Å²) in [4.78, 5) is 20.8. The maximum atomic E-state index is 5.95. The van der Waals surface area contributed by atoms with Crippen molar-refractivity contribution in [2.75, 3.05) is 0 Å². The maximum absolute atomic E-state index is 5.95. The van der Waals surface area contributed by atoms with Gasteiger partial charge in [0.1, 0.15) is 28.6 Å². The molecule has 424 valence electrons. The van der Waals surface area contributed by atoms with Crippen molar-refractivity contribution in [3.8, 4) is 33.4 Å². The number of hydrogen-bond donors (Lipinski definition) is 1. The van der Waals surface area contributed by atoms with Gasteiger partial charge >= 0.3 is 7.12 Å². The fourth-order valence-electron chi connectivity index (χ4n) is 10.1. The molecule has 0 amide bonds. The summed E-state index contributed by atoms with van der Waals surface area (Å²) in [6, 6.07) is 20.9. The van der Waals surface area contributed by atoms with Gasteiger partial charge in [-0.1, -0.05) is 63.1 Å². The molecule has 16 nitrogen and oxygen atoms in total. The molecule has 0 bridgehead atoms. The Kier molecular flexibility index (Phi) is 17.3. The minimum Gasteiger partial charge on any atom is -0.399 e. The summed E-state index contributed by atoms with van der Waals surface area (Å²) in [5.74, 6) is 3.27. The van der Waals surface area contributed by atoms with Gasteiger partial charge in [-0.3, -0.25) is 19.9 Å². The Morgan fingerprint density at radius 2 is 1.17 bits per heavy atom. The van der Waals surface area contributed by atoms with Crippen molar-refractivity contribution in [1.29, 1.82) is 0 Å². The molecular formula is C63H62BBr3N10O6. The summed E-state index contributed by atoms with van der Waals surface area (Å²) in [5.41, 5.74) is 20.2. The Bertz CT molecular complexity index is 4110. The summed E-state index contributed by atoms with van der Waals surface area (Å²) >= 11 is 10.5. The van der Waals surface area contributed by atoms with Gasteiger partial charge in [-0.25, -0.2) is 0 Å². The number of aromatic amines is 1. The molecule has 83 heavy (non-hydrogen) atoms. The second-order valence-electron chi connectivity index (χ2n) is 21.5. The van der Waals surface area contributed by atoms with E-state index in [1.807, 2.05) is 126 Å². The van der Waals surface area contributed by atoms with Crippen molar-refractivity contribution < 1.29 is 27.4 Å². The lowest BCUT2D eigenvalue weighted by Crippen LogP contribution is -2.41. The van der Waals surface area contributed by atoms with Crippen molar-refractivity contribution in [1.82, 2.24) is 50.1 Å². The molecule has 14 rings (SSSR count). The summed E-state index contributed by atoms with van der Waals surface area (Å²) in [7, 11) is -0.378. The third kappa shape index (κ3) is 12.6. The predicted molar refractivity (Wildman–Crippen MR) is 335 cm³/mol. The number of hydrogen-bond acceptors (Lipinski definition) is 14. The number of pyridine rings is 4. The summed E-state index contributed by atoms with van der Waals surface area (Å²) < 4.78 is 38.0. The van der Waals surface area contributed by atoms with Crippen LogP contribution in [0.1, 0.15) is 102 Å². The van der Waals surface area contributed by atoms with E-state index in [-0.39, 0.29) is 18.3 Å². The van der Waals surface area contributed by atoms with Crippen LogP contribution < -0.4 is 5.46 Å². The highest BCUT2D eigenvalue weighted by Crippen LogP contribution is 2.38. The predicted octanol–water partition coefficient (Wildman–Crippen LogP) is 15.6. The molecule has 1 N–H and O–H groups in total. The molecule has 0 saturated carbocycles. The number of nitrogens with one attached hydrogen (secondary N) is 1. The Labute approximate surface area is 507 Å². The molecule has 0 unspecified atom stereocenters. The molecule has 0 spiro atoms. The van der Waals surface area contributed by atoms with Gasteiger partial charge in [0, 0.05) is 91.5 Å². The molecule has 1 saturated heterocycles. The van der Waals surface area contributed by atoms with Crippen LogP contribution in [0.4, 0.5) is 0 Å². The molecule has 3 aliphatic rings. The van der Waals surface area contributed by atoms with E-state index < -0.39 is 0 Å². The number of benzene rings is 1. The third-order valence-electron chi connectivity index (χ3n) is 15.1. The van der Waals surface area contributed by atoms with Crippen molar-refractivity contribution in [3.63, 3.8) is 0 Å². The van der Waals surface area contributed by atoms with Crippen LogP contribution in [0, 0.1) is 55.4 Å². The smallest absolute Gasteiger partial charge is 0.399 e. The number of aryl methyl sites for hydroxylation is 8. The molecular weight excluding hydrogens is 1240 g/mol. The lowest BCUT2D eigenvalue weighted by atomic mass is 9.77. The van der Waals surface area contributed by atoms with E-state index in [4.69, 9.17) is 27.4 Å². The quantitative estimate of drug-likeness (QED) is 0.154. The zero-order valence-corrected chi connectivity index (χ0v) is 53.0. The highest BCUT2D eigenvalue weighted by molar-refractivity contribution is 9.15. The number of rotatable bonds is 6. The highest BCUT2D eigenvalue weighted by Gasteiger charge is 2.53. The van der Waals surface area contributed by atoms with E-state index in [9.17, 15) is 0 Å². The van der Waals surface area contributed by atoms with E-state index in [0.717, 1.165) is 151 Å². The Morgan fingerprint density at radius 1 is 0.602 bits per heavy atom. The molecule has 1 fully saturated rings. The molecule has 20 heteroatoms. The van der Waals surface area contributed by atoms with Crippen LogP contribution in [0.5, 0.6) is 0 Å². The first-order valence-corrected chi connectivity index (χ1v) is 29.4. The monoisotopic (exact) mass is 1300 g/mol. The van der Waals surface area contributed by atoms with E-state index >= 15 is 0 Å². The molecule has 10 aromatic heterocycles. The Balaban J connectivity index is 0.000000119. The first-order chi connectivity index (χ1) is 39.7. The van der Waals surface area contributed by atoms with Crippen molar-refractivity contribution >= 4 is 93.0 Å². The summed E-state index contributed by atoms with van der Waals surface area (Å²) in [6.07, 6.45) is 19.6. The van der Waals surface area contributed by atoms with Crippen LogP contribution in [-0.2, 0) is 28.7 Å². The zero-order valence-electron chi connectivity index (χ0n) is 48.3. The lowest BCUT2D eigenvalue weighted by Gasteiger charge is -2.32. The van der Waals surface area contributed by atoms with Crippen molar-refractivity contribution in [3.05, 3.63) is 193 Å². The Hall–Kier alpha value is -7.36. The van der Waals surface area contributed by atoms with E-state index in [0.29, 0.717) is 0 Å². The molecule has 0 radical (unpaired) electrons. The van der Waals surface area contributed by atoms with Crippen LogP contribution in [0.15, 0.2) is 137 Å². The van der Waals surface area contributed by atoms with Crippen molar-refractivity contribution in [2.45, 2.75) is 114 Å². The van der Waals surface area contributed by atoms with Gasteiger partial charge in [0.25, 0.3) is 0 Å². The average molecular weight is 1310 g/mol. The fourth-order valence-corrected chi connectivity index (χ4v) is 11.5. The van der Waals surface area contributed by atoms with Gasteiger partial charge < -0.3 is 37.0 Å². The fraction of sp³-hybridized carbons (Fsp3) is 0.270. The normalized spacial score (nSPS) is 14.3. The topological polar surface area (TPSA) is 195 Å². The number of aromatic nitrogens is 10. The number of halogens is 3. The number of nitrogens with zero attached hydrogens (tertiary/aromatic N) is 9. The molecule has 1 aromatic carbocycles. The van der Waals surface area contributed by atoms with Crippen molar-refractivity contribution in [2.24, 2.45) is 0 Å². The van der Waals surface area contributed by atoms with Gasteiger partial charge in [-0.15, -0.1) is 0 Å². The third-order valence-corrected chi connectivity index (χ3v) is 16.8. The average Bonchev–Trinajstić information content (AvgIpc) is 4.48. The second kappa shape index (κ2) is 24.5. The summed E-state index contributed by atoms with van der Waals surface area (Å²) in [5, 5.41) is 15.9. The minimum absolute atomic E-state index is 0.326. The zero-order chi connectivity index (χ0) is 58.9. The molecule has 1 aliphatic heterocycles. The largest absolute Gasteiger partial charge is 0.500 e.